The summed E-state index contributed by atoms with van der Waals surface area (Å²) in [5.74, 6) is -0.0783. The molecule has 0 N–H and O–H groups in total. The lowest BCUT2D eigenvalue weighted by atomic mass is 10.1. The molecule has 2 aromatic carbocycles. The smallest absolute Gasteiger partial charge is 0.307 e. The fourth-order valence-corrected chi connectivity index (χ4v) is 2.67. The van der Waals surface area contributed by atoms with Crippen molar-refractivity contribution >= 4 is 11.9 Å². The van der Waals surface area contributed by atoms with Gasteiger partial charge in [0.1, 0.15) is 5.82 Å². The molecule has 0 unspecified atom stereocenters. The molecule has 6 nitrogen and oxygen atoms in total. The van der Waals surface area contributed by atoms with E-state index in [0.717, 1.165) is 5.56 Å². The van der Waals surface area contributed by atoms with Crippen molar-refractivity contribution in [3.05, 3.63) is 59.4 Å². The van der Waals surface area contributed by atoms with Crippen LogP contribution in [-0.4, -0.2) is 44.1 Å². The highest BCUT2D eigenvalue weighted by Gasteiger charge is 2.19. The predicted molar refractivity (Wildman–Crippen MR) is 102 cm³/mol. The molecule has 0 radical (unpaired) electrons. The summed E-state index contributed by atoms with van der Waals surface area (Å²) >= 11 is 0. The third-order valence-corrected chi connectivity index (χ3v) is 4.10. The van der Waals surface area contributed by atoms with Crippen LogP contribution >= 0.6 is 0 Å². The standard InChI is InChI=1S/C21H24FNO5/c1-4-28-20(24)11-12-23(14-15-5-8-17(22)9-6-15)21(25)16-7-10-18(26-2)19(13-16)27-3/h5-10,13H,4,11-12,14H2,1-3H3. The summed E-state index contributed by atoms with van der Waals surface area (Å²) in [4.78, 5) is 26.3. The maximum atomic E-state index is 13.2. The van der Waals surface area contributed by atoms with E-state index in [9.17, 15) is 14.0 Å². The number of carbonyl (C=O) groups excluding carboxylic acids is 2. The normalized spacial score (nSPS) is 10.3. The summed E-state index contributed by atoms with van der Waals surface area (Å²) in [6.45, 7) is 2.40. The summed E-state index contributed by atoms with van der Waals surface area (Å²) in [6.07, 6.45) is 0.0636. The molecular weight excluding hydrogens is 365 g/mol. The number of benzene rings is 2. The Labute approximate surface area is 163 Å². The van der Waals surface area contributed by atoms with Crippen LogP contribution in [0.5, 0.6) is 11.5 Å². The van der Waals surface area contributed by atoms with E-state index in [0.29, 0.717) is 17.1 Å². The SMILES string of the molecule is CCOC(=O)CCN(Cc1ccc(F)cc1)C(=O)c1ccc(OC)c(OC)c1. The lowest BCUT2D eigenvalue weighted by Gasteiger charge is -2.23. The van der Waals surface area contributed by atoms with Gasteiger partial charge in [0, 0.05) is 18.7 Å². The Bertz CT molecular complexity index is 807. The van der Waals surface area contributed by atoms with Crippen LogP contribution < -0.4 is 9.47 Å². The Kier molecular flexibility index (Phi) is 7.80. The second-order valence-corrected chi connectivity index (χ2v) is 5.98. The van der Waals surface area contributed by atoms with Gasteiger partial charge in [-0.3, -0.25) is 9.59 Å². The molecule has 0 atom stereocenters. The zero-order chi connectivity index (χ0) is 20.5. The molecule has 150 valence electrons. The molecule has 2 aromatic rings. The van der Waals surface area contributed by atoms with Crippen molar-refractivity contribution < 1.29 is 28.2 Å². The number of esters is 1. The number of amides is 1. The average molecular weight is 389 g/mol. The lowest BCUT2D eigenvalue weighted by molar-refractivity contribution is -0.143. The minimum absolute atomic E-state index is 0.0636. The number of nitrogens with zero attached hydrogens (tertiary/aromatic N) is 1. The van der Waals surface area contributed by atoms with Crippen LogP contribution in [0.3, 0.4) is 0 Å². The van der Waals surface area contributed by atoms with Crippen molar-refractivity contribution in [2.45, 2.75) is 19.9 Å². The molecule has 2 rings (SSSR count). The highest BCUT2D eigenvalue weighted by Crippen LogP contribution is 2.28. The van der Waals surface area contributed by atoms with Gasteiger partial charge in [0.2, 0.25) is 0 Å². The van der Waals surface area contributed by atoms with Crippen LogP contribution in [0, 0.1) is 5.82 Å². The number of halogens is 1. The van der Waals surface area contributed by atoms with Crippen LogP contribution in [0.25, 0.3) is 0 Å². The summed E-state index contributed by atoms with van der Waals surface area (Å²) in [5.41, 5.74) is 1.14. The monoisotopic (exact) mass is 389 g/mol. The number of hydrogen-bond donors (Lipinski definition) is 0. The Morgan fingerprint density at radius 3 is 2.29 bits per heavy atom. The second-order valence-electron chi connectivity index (χ2n) is 5.98. The fourth-order valence-electron chi connectivity index (χ4n) is 2.67. The molecule has 0 saturated heterocycles. The first-order valence-electron chi connectivity index (χ1n) is 8.89. The third-order valence-electron chi connectivity index (χ3n) is 4.10. The largest absolute Gasteiger partial charge is 0.493 e. The highest BCUT2D eigenvalue weighted by molar-refractivity contribution is 5.95. The highest BCUT2D eigenvalue weighted by atomic mass is 19.1. The molecular formula is C21H24FNO5. The van der Waals surface area contributed by atoms with Crippen molar-refractivity contribution in [3.8, 4) is 11.5 Å². The maximum absolute atomic E-state index is 13.2. The first kappa shape index (κ1) is 21.2. The van der Waals surface area contributed by atoms with Crippen LogP contribution in [-0.2, 0) is 16.1 Å². The van der Waals surface area contributed by atoms with Gasteiger partial charge in [0.05, 0.1) is 27.2 Å². The van der Waals surface area contributed by atoms with E-state index < -0.39 is 0 Å². The third kappa shape index (κ3) is 5.70. The van der Waals surface area contributed by atoms with Crippen molar-refractivity contribution in [1.29, 1.82) is 0 Å². The number of methoxy groups -OCH3 is 2. The topological polar surface area (TPSA) is 65.1 Å². The molecule has 0 fully saturated rings. The molecule has 7 heteroatoms. The van der Waals surface area contributed by atoms with E-state index >= 15 is 0 Å². The maximum Gasteiger partial charge on any atom is 0.307 e. The predicted octanol–water partition coefficient (Wildman–Crippen LogP) is 3.44. The van der Waals surface area contributed by atoms with Gasteiger partial charge in [0.25, 0.3) is 5.91 Å². The van der Waals surface area contributed by atoms with Gasteiger partial charge < -0.3 is 19.1 Å². The summed E-state index contributed by atoms with van der Waals surface area (Å²) in [6, 6.07) is 10.7. The number of hydrogen-bond acceptors (Lipinski definition) is 5. The summed E-state index contributed by atoms with van der Waals surface area (Å²) in [5, 5.41) is 0. The Hall–Kier alpha value is -3.09. The molecule has 1 amide bonds. The minimum Gasteiger partial charge on any atom is -0.493 e. The van der Waals surface area contributed by atoms with Crippen molar-refractivity contribution in [3.63, 3.8) is 0 Å². The number of carbonyl (C=O) groups is 2. The molecule has 0 bridgehead atoms. The van der Waals surface area contributed by atoms with Gasteiger partial charge in [-0.25, -0.2) is 4.39 Å². The van der Waals surface area contributed by atoms with Crippen LogP contribution in [0.4, 0.5) is 4.39 Å². The van der Waals surface area contributed by atoms with E-state index in [-0.39, 0.29) is 43.8 Å². The molecule has 28 heavy (non-hydrogen) atoms. The lowest BCUT2D eigenvalue weighted by Crippen LogP contribution is -2.33. The first-order valence-corrected chi connectivity index (χ1v) is 8.89. The van der Waals surface area contributed by atoms with Crippen LogP contribution in [0.2, 0.25) is 0 Å². The molecule has 0 aliphatic carbocycles. The average Bonchev–Trinajstić information content (AvgIpc) is 2.71. The Balaban J connectivity index is 2.24. The zero-order valence-corrected chi connectivity index (χ0v) is 16.2. The van der Waals surface area contributed by atoms with E-state index in [4.69, 9.17) is 14.2 Å². The second kappa shape index (κ2) is 10.3. The van der Waals surface area contributed by atoms with E-state index in [1.165, 1.54) is 31.3 Å². The fraction of sp³-hybridized carbons (Fsp3) is 0.333. The van der Waals surface area contributed by atoms with E-state index in [2.05, 4.69) is 0 Å². The number of ether oxygens (including phenoxy) is 3. The molecule has 0 aliphatic rings. The molecule has 0 heterocycles. The van der Waals surface area contributed by atoms with Gasteiger partial charge in [-0.05, 0) is 42.8 Å². The summed E-state index contributed by atoms with van der Waals surface area (Å²) in [7, 11) is 3.00. The van der Waals surface area contributed by atoms with Gasteiger partial charge >= 0.3 is 5.97 Å². The van der Waals surface area contributed by atoms with Crippen LogP contribution in [0.1, 0.15) is 29.3 Å². The van der Waals surface area contributed by atoms with Crippen molar-refractivity contribution in [2.75, 3.05) is 27.4 Å². The van der Waals surface area contributed by atoms with Crippen molar-refractivity contribution in [1.82, 2.24) is 4.90 Å². The molecule has 0 saturated carbocycles. The summed E-state index contributed by atoms with van der Waals surface area (Å²) < 4.78 is 28.6. The van der Waals surface area contributed by atoms with E-state index in [1.807, 2.05) is 0 Å². The zero-order valence-electron chi connectivity index (χ0n) is 16.2. The Morgan fingerprint density at radius 2 is 1.68 bits per heavy atom. The molecule has 0 spiro atoms. The first-order chi connectivity index (χ1) is 13.5. The Morgan fingerprint density at radius 1 is 1.00 bits per heavy atom. The van der Waals surface area contributed by atoms with E-state index in [1.54, 1.807) is 37.3 Å². The molecule has 0 aromatic heterocycles. The van der Waals surface area contributed by atoms with Gasteiger partial charge in [0.15, 0.2) is 11.5 Å². The van der Waals surface area contributed by atoms with Gasteiger partial charge in [-0.15, -0.1) is 0 Å². The quantitative estimate of drug-likeness (QED) is 0.615. The number of rotatable bonds is 9. The van der Waals surface area contributed by atoms with Crippen LogP contribution in [0.15, 0.2) is 42.5 Å². The van der Waals surface area contributed by atoms with Gasteiger partial charge in [-0.1, -0.05) is 12.1 Å². The van der Waals surface area contributed by atoms with Crippen molar-refractivity contribution in [2.24, 2.45) is 0 Å². The van der Waals surface area contributed by atoms with Gasteiger partial charge in [-0.2, -0.15) is 0 Å². The minimum atomic E-state index is -0.383. The molecule has 0 aliphatic heterocycles.